The standard InChI is InChI=1S/C11H10IN3OS/c1-5-13-7(4-17-5)10-14-9(6-2-3-6)8(12)11(16)15-10/h4,6H,2-3H2,1H3,(H,14,15,16). The van der Waals surface area contributed by atoms with Crippen molar-refractivity contribution in [3.8, 4) is 11.5 Å². The van der Waals surface area contributed by atoms with Gasteiger partial charge < -0.3 is 4.98 Å². The van der Waals surface area contributed by atoms with E-state index >= 15 is 0 Å². The fourth-order valence-corrected chi connectivity index (χ4v) is 2.99. The Morgan fingerprint density at radius 1 is 1.47 bits per heavy atom. The lowest BCUT2D eigenvalue weighted by Crippen LogP contribution is -2.16. The SMILES string of the molecule is Cc1nc(-c2nc(C3CC3)c(I)c(=O)[nH]2)cs1. The molecule has 0 aliphatic heterocycles. The van der Waals surface area contributed by atoms with Crippen LogP contribution in [0.4, 0.5) is 0 Å². The van der Waals surface area contributed by atoms with E-state index < -0.39 is 0 Å². The molecule has 0 unspecified atom stereocenters. The van der Waals surface area contributed by atoms with Gasteiger partial charge in [0.25, 0.3) is 5.56 Å². The number of aromatic amines is 1. The van der Waals surface area contributed by atoms with Gasteiger partial charge in [-0.2, -0.15) is 0 Å². The summed E-state index contributed by atoms with van der Waals surface area (Å²) >= 11 is 3.64. The maximum Gasteiger partial charge on any atom is 0.264 e. The lowest BCUT2D eigenvalue weighted by Gasteiger charge is -2.03. The molecule has 1 aliphatic rings. The van der Waals surface area contributed by atoms with Gasteiger partial charge in [-0.3, -0.25) is 4.79 Å². The summed E-state index contributed by atoms with van der Waals surface area (Å²) in [4.78, 5) is 23.6. The van der Waals surface area contributed by atoms with Crippen LogP contribution in [0.2, 0.25) is 0 Å². The lowest BCUT2D eigenvalue weighted by molar-refractivity contribution is 0.953. The zero-order chi connectivity index (χ0) is 12.0. The molecule has 88 valence electrons. The second-order valence-corrected chi connectivity index (χ2v) is 6.28. The molecule has 1 fully saturated rings. The van der Waals surface area contributed by atoms with Crippen LogP contribution in [-0.4, -0.2) is 15.0 Å². The third-order valence-corrected chi connectivity index (χ3v) is 4.53. The van der Waals surface area contributed by atoms with E-state index in [4.69, 9.17) is 0 Å². The first-order valence-electron chi connectivity index (χ1n) is 5.37. The van der Waals surface area contributed by atoms with E-state index in [2.05, 4.69) is 37.5 Å². The Balaban J connectivity index is 2.14. The van der Waals surface area contributed by atoms with Crippen LogP contribution in [0.5, 0.6) is 0 Å². The summed E-state index contributed by atoms with van der Waals surface area (Å²) in [6.45, 7) is 1.95. The number of hydrogen-bond acceptors (Lipinski definition) is 4. The summed E-state index contributed by atoms with van der Waals surface area (Å²) in [7, 11) is 0. The molecule has 0 atom stereocenters. The van der Waals surface area contributed by atoms with Gasteiger partial charge in [0.1, 0.15) is 9.26 Å². The first-order chi connectivity index (χ1) is 8.15. The molecular formula is C11H10IN3OS. The predicted octanol–water partition coefficient (Wildman–Crippen LogP) is 2.68. The number of rotatable bonds is 2. The van der Waals surface area contributed by atoms with E-state index in [0.717, 1.165) is 32.8 Å². The average molecular weight is 359 g/mol. The van der Waals surface area contributed by atoms with Crippen molar-refractivity contribution in [1.29, 1.82) is 0 Å². The number of aryl methyl sites for hydroxylation is 1. The molecular weight excluding hydrogens is 349 g/mol. The van der Waals surface area contributed by atoms with Crippen molar-refractivity contribution in [2.45, 2.75) is 25.7 Å². The molecule has 2 aromatic heterocycles. The van der Waals surface area contributed by atoms with Crippen molar-refractivity contribution in [3.05, 3.63) is 30.0 Å². The molecule has 0 amide bonds. The van der Waals surface area contributed by atoms with Gasteiger partial charge in [0.05, 0.1) is 10.7 Å². The normalized spacial score (nSPS) is 15.2. The quantitative estimate of drug-likeness (QED) is 0.839. The van der Waals surface area contributed by atoms with Gasteiger partial charge in [-0.25, -0.2) is 9.97 Å². The molecule has 17 heavy (non-hydrogen) atoms. The van der Waals surface area contributed by atoms with Crippen LogP contribution in [-0.2, 0) is 0 Å². The van der Waals surface area contributed by atoms with Gasteiger partial charge in [0, 0.05) is 11.3 Å². The van der Waals surface area contributed by atoms with Crippen molar-refractivity contribution in [2.24, 2.45) is 0 Å². The molecule has 2 aromatic rings. The Morgan fingerprint density at radius 2 is 2.24 bits per heavy atom. The predicted molar refractivity (Wildman–Crippen MR) is 75.4 cm³/mol. The molecule has 0 aromatic carbocycles. The molecule has 1 saturated carbocycles. The van der Waals surface area contributed by atoms with Crippen molar-refractivity contribution in [3.63, 3.8) is 0 Å². The Bertz CT molecular complexity index is 630. The van der Waals surface area contributed by atoms with Gasteiger partial charge in [-0.1, -0.05) is 0 Å². The summed E-state index contributed by atoms with van der Waals surface area (Å²) in [6, 6.07) is 0. The van der Waals surface area contributed by atoms with Crippen LogP contribution in [0.1, 0.15) is 29.5 Å². The highest BCUT2D eigenvalue weighted by Gasteiger charge is 2.29. The number of H-pyrrole nitrogens is 1. The summed E-state index contributed by atoms with van der Waals surface area (Å²) in [6.07, 6.45) is 2.28. The van der Waals surface area contributed by atoms with Gasteiger partial charge in [-0.15, -0.1) is 11.3 Å². The third-order valence-electron chi connectivity index (χ3n) is 2.71. The third kappa shape index (κ3) is 2.15. The zero-order valence-corrected chi connectivity index (χ0v) is 12.1. The van der Waals surface area contributed by atoms with E-state index in [1.807, 2.05) is 12.3 Å². The van der Waals surface area contributed by atoms with Gasteiger partial charge in [0.2, 0.25) is 0 Å². The minimum atomic E-state index is -0.0526. The Hall–Kier alpha value is -0.760. The Morgan fingerprint density at radius 3 is 2.82 bits per heavy atom. The highest BCUT2D eigenvalue weighted by atomic mass is 127. The molecule has 2 heterocycles. The van der Waals surface area contributed by atoms with Gasteiger partial charge in [0.15, 0.2) is 5.82 Å². The van der Waals surface area contributed by atoms with Crippen LogP contribution in [0.3, 0.4) is 0 Å². The van der Waals surface area contributed by atoms with Crippen molar-refractivity contribution in [2.75, 3.05) is 0 Å². The molecule has 3 rings (SSSR count). The molecule has 0 spiro atoms. The van der Waals surface area contributed by atoms with E-state index in [9.17, 15) is 4.79 Å². The minimum Gasteiger partial charge on any atom is -0.304 e. The Kier molecular flexibility index (Phi) is 2.78. The number of hydrogen-bond donors (Lipinski definition) is 1. The monoisotopic (exact) mass is 359 g/mol. The van der Waals surface area contributed by atoms with Crippen molar-refractivity contribution < 1.29 is 0 Å². The maximum atomic E-state index is 11.8. The number of halogens is 1. The molecule has 4 nitrogen and oxygen atoms in total. The molecule has 0 radical (unpaired) electrons. The topological polar surface area (TPSA) is 58.6 Å². The second-order valence-electron chi connectivity index (χ2n) is 4.14. The number of aromatic nitrogens is 3. The van der Waals surface area contributed by atoms with Gasteiger partial charge >= 0.3 is 0 Å². The maximum absolute atomic E-state index is 11.8. The van der Waals surface area contributed by atoms with Crippen LogP contribution in [0.15, 0.2) is 10.2 Å². The lowest BCUT2D eigenvalue weighted by atomic mass is 10.3. The minimum absolute atomic E-state index is 0.0526. The van der Waals surface area contributed by atoms with E-state index in [-0.39, 0.29) is 5.56 Å². The molecule has 0 bridgehead atoms. The summed E-state index contributed by atoms with van der Waals surface area (Å²) < 4.78 is 0.723. The summed E-state index contributed by atoms with van der Waals surface area (Å²) in [5.41, 5.74) is 1.65. The first kappa shape index (κ1) is 11.3. The molecule has 1 aliphatic carbocycles. The van der Waals surface area contributed by atoms with E-state index in [0.29, 0.717) is 11.7 Å². The molecule has 1 N–H and O–H groups in total. The second kappa shape index (κ2) is 4.16. The fourth-order valence-electron chi connectivity index (χ4n) is 1.70. The van der Waals surface area contributed by atoms with Crippen LogP contribution in [0, 0.1) is 10.5 Å². The first-order valence-corrected chi connectivity index (χ1v) is 7.33. The summed E-state index contributed by atoms with van der Waals surface area (Å²) in [5, 5.41) is 2.91. The highest BCUT2D eigenvalue weighted by Crippen LogP contribution is 2.40. The summed E-state index contributed by atoms with van der Waals surface area (Å²) in [5.74, 6) is 1.07. The number of thiazole rings is 1. The van der Waals surface area contributed by atoms with Crippen LogP contribution < -0.4 is 5.56 Å². The number of nitrogens with zero attached hydrogens (tertiary/aromatic N) is 2. The van der Waals surface area contributed by atoms with Crippen molar-refractivity contribution in [1.82, 2.24) is 15.0 Å². The molecule has 0 saturated heterocycles. The van der Waals surface area contributed by atoms with Crippen LogP contribution in [0.25, 0.3) is 11.5 Å². The fraction of sp³-hybridized carbons (Fsp3) is 0.364. The molecule has 6 heteroatoms. The largest absolute Gasteiger partial charge is 0.304 e. The average Bonchev–Trinajstić information content (AvgIpc) is 3.05. The van der Waals surface area contributed by atoms with E-state index in [1.165, 1.54) is 0 Å². The van der Waals surface area contributed by atoms with Crippen LogP contribution >= 0.6 is 33.9 Å². The highest BCUT2D eigenvalue weighted by molar-refractivity contribution is 14.1. The van der Waals surface area contributed by atoms with Crippen molar-refractivity contribution >= 4 is 33.9 Å². The number of nitrogens with one attached hydrogen (secondary N) is 1. The Labute approximate surface area is 116 Å². The zero-order valence-electron chi connectivity index (χ0n) is 9.16. The van der Waals surface area contributed by atoms with E-state index in [1.54, 1.807) is 11.3 Å². The smallest absolute Gasteiger partial charge is 0.264 e. The van der Waals surface area contributed by atoms with Gasteiger partial charge in [-0.05, 0) is 42.4 Å².